The quantitative estimate of drug-likeness (QED) is 0.593. The summed E-state index contributed by atoms with van der Waals surface area (Å²) < 4.78 is 0. The SMILES string of the molecule is CCc1ccc(C(N)(c2ccccc2)c2ccc(CC)cc2C)c(C)c1. The van der Waals surface area contributed by atoms with Crippen LogP contribution in [0, 0.1) is 13.8 Å². The van der Waals surface area contributed by atoms with Gasteiger partial charge in [0.15, 0.2) is 0 Å². The Kier molecular flexibility index (Phi) is 5.29. The van der Waals surface area contributed by atoms with E-state index >= 15 is 0 Å². The molecule has 2 N–H and O–H groups in total. The van der Waals surface area contributed by atoms with Crippen LogP contribution in [0.1, 0.15) is 52.8 Å². The van der Waals surface area contributed by atoms with Crippen LogP contribution in [0.25, 0.3) is 0 Å². The molecule has 0 fully saturated rings. The molecule has 0 atom stereocenters. The van der Waals surface area contributed by atoms with Crippen LogP contribution in [0.15, 0.2) is 66.7 Å². The summed E-state index contributed by atoms with van der Waals surface area (Å²) >= 11 is 0. The summed E-state index contributed by atoms with van der Waals surface area (Å²) in [6, 6.07) is 23.9. The molecule has 0 spiro atoms. The highest BCUT2D eigenvalue weighted by Crippen LogP contribution is 2.38. The van der Waals surface area contributed by atoms with Crippen molar-refractivity contribution in [2.45, 2.75) is 46.1 Å². The van der Waals surface area contributed by atoms with E-state index in [-0.39, 0.29) is 0 Å². The molecule has 0 aliphatic heterocycles. The van der Waals surface area contributed by atoms with Crippen molar-refractivity contribution in [3.63, 3.8) is 0 Å². The lowest BCUT2D eigenvalue weighted by Crippen LogP contribution is -2.40. The Morgan fingerprint density at radius 3 is 1.54 bits per heavy atom. The number of rotatable bonds is 5. The largest absolute Gasteiger partial charge is 0.314 e. The van der Waals surface area contributed by atoms with Gasteiger partial charge in [0.25, 0.3) is 0 Å². The molecule has 0 radical (unpaired) electrons. The Hall–Kier alpha value is -2.38. The number of benzene rings is 3. The van der Waals surface area contributed by atoms with Gasteiger partial charge in [-0.25, -0.2) is 0 Å². The van der Waals surface area contributed by atoms with Gasteiger partial charge in [-0.1, -0.05) is 80.6 Å². The van der Waals surface area contributed by atoms with Gasteiger partial charge in [-0.15, -0.1) is 0 Å². The zero-order valence-electron chi connectivity index (χ0n) is 16.3. The Balaban J connectivity index is 2.28. The van der Waals surface area contributed by atoms with Crippen LogP contribution in [0.4, 0.5) is 0 Å². The second-order valence-electron chi connectivity index (χ2n) is 7.18. The predicted molar refractivity (Wildman–Crippen MR) is 112 cm³/mol. The zero-order valence-corrected chi connectivity index (χ0v) is 16.3. The maximum atomic E-state index is 7.25. The maximum Gasteiger partial charge on any atom is 0.0928 e. The van der Waals surface area contributed by atoms with Crippen molar-refractivity contribution in [2.24, 2.45) is 5.73 Å². The number of nitrogens with two attached hydrogens (primary N) is 1. The van der Waals surface area contributed by atoms with E-state index in [2.05, 4.69) is 88.4 Å². The van der Waals surface area contributed by atoms with Gasteiger partial charge in [0.05, 0.1) is 5.54 Å². The van der Waals surface area contributed by atoms with E-state index in [1.165, 1.54) is 33.4 Å². The molecule has 26 heavy (non-hydrogen) atoms. The van der Waals surface area contributed by atoms with Gasteiger partial charge in [-0.05, 0) is 65.6 Å². The molecule has 0 heterocycles. The standard InChI is InChI=1S/C25H29N/c1-5-20-12-14-23(18(3)16-20)25(26,22-10-8-7-9-11-22)24-15-13-21(6-2)17-19(24)4/h7-17H,5-6,26H2,1-4H3. The molecule has 0 aromatic heterocycles. The summed E-state index contributed by atoms with van der Waals surface area (Å²) in [5.41, 5.74) is 15.2. The number of hydrogen-bond acceptors (Lipinski definition) is 1. The van der Waals surface area contributed by atoms with Gasteiger partial charge in [0.1, 0.15) is 0 Å². The first-order valence-electron chi connectivity index (χ1n) is 9.55. The van der Waals surface area contributed by atoms with Gasteiger partial charge in [0, 0.05) is 0 Å². The highest BCUT2D eigenvalue weighted by atomic mass is 14.8. The first-order chi connectivity index (χ1) is 12.5. The fourth-order valence-corrected chi connectivity index (χ4v) is 3.93. The minimum Gasteiger partial charge on any atom is -0.314 e. The van der Waals surface area contributed by atoms with Crippen molar-refractivity contribution in [3.05, 3.63) is 106 Å². The fourth-order valence-electron chi connectivity index (χ4n) is 3.93. The van der Waals surface area contributed by atoms with E-state index in [1.54, 1.807) is 0 Å². The summed E-state index contributed by atoms with van der Waals surface area (Å²) in [5, 5.41) is 0. The van der Waals surface area contributed by atoms with Crippen molar-refractivity contribution in [1.29, 1.82) is 0 Å². The monoisotopic (exact) mass is 343 g/mol. The lowest BCUT2D eigenvalue weighted by atomic mass is 9.74. The molecule has 0 bridgehead atoms. The van der Waals surface area contributed by atoms with E-state index in [4.69, 9.17) is 5.73 Å². The van der Waals surface area contributed by atoms with E-state index in [0.29, 0.717) is 0 Å². The highest BCUT2D eigenvalue weighted by molar-refractivity contribution is 5.54. The van der Waals surface area contributed by atoms with Crippen LogP contribution < -0.4 is 5.73 Å². The fraction of sp³-hybridized carbons (Fsp3) is 0.280. The molecule has 1 heteroatoms. The van der Waals surface area contributed by atoms with Crippen molar-refractivity contribution in [2.75, 3.05) is 0 Å². The molecule has 0 aliphatic rings. The third-order valence-corrected chi connectivity index (χ3v) is 5.48. The van der Waals surface area contributed by atoms with E-state index in [0.717, 1.165) is 18.4 Å². The molecule has 3 aromatic rings. The van der Waals surface area contributed by atoms with Gasteiger partial charge in [0.2, 0.25) is 0 Å². The summed E-state index contributed by atoms with van der Waals surface area (Å²) in [6.07, 6.45) is 2.07. The van der Waals surface area contributed by atoms with Gasteiger partial charge in [-0.3, -0.25) is 0 Å². The van der Waals surface area contributed by atoms with Crippen LogP contribution in [0.2, 0.25) is 0 Å². The van der Waals surface area contributed by atoms with E-state index in [1.807, 2.05) is 6.07 Å². The topological polar surface area (TPSA) is 26.0 Å². The Labute approximate surface area is 157 Å². The minimum absolute atomic E-state index is 0.659. The van der Waals surface area contributed by atoms with Crippen molar-refractivity contribution < 1.29 is 0 Å². The van der Waals surface area contributed by atoms with Crippen LogP contribution in [0.3, 0.4) is 0 Å². The molecule has 134 valence electrons. The van der Waals surface area contributed by atoms with Crippen LogP contribution in [-0.4, -0.2) is 0 Å². The molecule has 0 saturated carbocycles. The molecule has 3 aromatic carbocycles. The summed E-state index contributed by atoms with van der Waals surface area (Å²) in [6.45, 7) is 8.73. The Morgan fingerprint density at radius 2 is 1.15 bits per heavy atom. The zero-order chi connectivity index (χ0) is 18.7. The first kappa shape index (κ1) is 18.4. The first-order valence-corrected chi connectivity index (χ1v) is 9.55. The Bertz CT molecular complexity index is 840. The Morgan fingerprint density at radius 1 is 0.692 bits per heavy atom. The summed E-state index contributed by atoms with van der Waals surface area (Å²) in [4.78, 5) is 0. The maximum absolute atomic E-state index is 7.25. The van der Waals surface area contributed by atoms with E-state index < -0.39 is 5.54 Å². The van der Waals surface area contributed by atoms with Crippen molar-refractivity contribution >= 4 is 0 Å². The second-order valence-corrected chi connectivity index (χ2v) is 7.18. The normalized spacial score (nSPS) is 11.6. The van der Waals surface area contributed by atoms with Crippen LogP contribution in [-0.2, 0) is 18.4 Å². The van der Waals surface area contributed by atoms with Gasteiger partial charge >= 0.3 is 0 Å². The molecule has 0 saturated heterocycles. The average Bonchev–Trinajstić information content (AvgIpc) is 2.67. The molecule has 1 nitrogen and oxygen atoms in total. The third-order valence-electron chi connectivity index (χ3n) is 5.48. The van der Waals surface area contributed by atoms with Crippen LogP contribution >= 0.6 is 0 Å². The molecule has 3 rings (SSSR count). The predicted octanol–water partition coefficient (Wildman–Crippen LogP) is 5.68. The van der Waals surface area contributed by atoms with Crippen molar-refractivity contribution in [1.82, 2.24) is 0 Å². The second kappa shape index (κ2) is 7.47. The number of aryl methyl sites for hydroxylation is 4. The van der Waals surface area contributed by atoms with Crippen molar-refractivity contribution in [3.8, 4) is 0 Å². The molecule has 0 unspecified atom stereocenters. The summed E-state index contributed by atoms with van der Waals surface area (Å²) in [5.74, 6) is 0. The molecule has 0 amide bonds. The third kappa shape index (κ3) is 3.20. The lowest BCUT2D eigenvalue weighted by Gasteiger charge is -2.34. The minimum atomic E-state index is -0.659. The van der Waals surface area contributed by atoms with E-state index in [9.17, 15) is 0 Å². The average molecular weight is 344 g/mol. The molecular formula is C25H29N. The van der Waals surface area contributed by atoms with Gasteiger partial charge in [-0.2, -0.15) is 0 Å². The smallest absolute Gasteiger partial charge is 0.0928 e. The highest BCUT2D eigenvalue weighted by Gasteiger charge is 2.34. The number of hydrogen-bond donors (Lipinski definition) is 1. The van der Waals surface area contributed by atoms with Crippen LogP contribution in [0.5, 0.6) is 0 Å². The summed E-state index contributed by atoms with van der Waals surface area (Å²) in [7, 11) is 0. The van der Waals surface area contributed by atoms with Gasteiger partial charge < -0.3 is 5.73 Å². The lowest BCUT2D eigenvalue weighted by molar-refractivity contribution is 0.642. The molecule has 0 aliphatic carbocycles. The molecular weight excluding hydrogens is 314 g/mol.